The number of amides is 1. The van der Waals surface area contributed by atoms with Crippen LogP contribution in [0.1, 0.15) is 48.5 Å². The first-order valence-corrected chi connectivity index (χ1v) is 9.55. The van der Waals surface area contributed by atoms with Crippen molar-refractivity contribution in [2.24, 2.45) is 0 Å². The smallest absolute Gasteiger partial charge is 0.251 e. The fraction of sp³-hybridized carbons (Fsp3) is 0.550. The first-order chi connectivity index (χ1) is 13.0. The van der Waals surface area contributed by atoms with Gasteiger partial charge < -0.3 is 14.8 Å². The molecule has 4 fully saturated rings. The molecule has 1 spiro atoms. The van der Waals surface area contributed by atoms with Crippen LogP contribution in [0.2, 0.25) is 0 Å². The van der Waals surface area contributed by atoms with Crippen molar-refractivity contribution in [3.8, 4) is 0 Å². The number of nitrogens with one attached hydrogen (secondary N) is 1. The number of carbonyl (C=O) groups is 1. The van der Waals surface area contributed by atoms with Crippen molar-refractivity contribution in [1.29, 1.82) is 0 Å². The lowest BCUT2D eigenvalue weighted by atomic mass is 9.60. The molecular weight excluding hydrogens is 344 g/mol. The van der Waals surface area contributed by atoms with Crippen molar-refractivity contribution in [3.05, 3.63) is 47.8 Å². The van der Waals surface area contributed by atoms with E-state index in [1.165, 1.54) is 0 Å². The molecule has 0 unspecified atom stereocenters. The van der Waals surface area contributed by atoms with Crippen LogP contribution in [0.4, 0.5) is 0 Å². The fourth-order valence-corrected chi connectivity index (χ4v) is 5.28. The summed E-state index contributed by atoms with van der Waals surface area (Å²) in [6.45, 7) is 4.14. The van der Waals surface area contributed by atoms with Crippen LogP contribution < -0.4 is 5.32 Å². The van der Waals surface area contributed by atoms with Crippen LogP contribution >= 0.6 is 0 Å². The van der Waals surface area contributed by atoms with Gasteiger partial charge in [-0.15, -0.1) is 5.10 Å². The second kappa shape index (κ2) is 5.87. The van der Waals surface area contributed by atoms with E-state index in [1.54, 1.807) is 10.9 Å². The van der Waals surface area contributed by atoms with E-state index in [0.29, 0.717) is 25.3 Å². The summed E-state index contributed by atoms with van der Waals surface area (Å²) in [5.41, 5.74) is 1.02. The number of nitrogens with zero attached hydrogens (tertiary/aromatic N) is 3. The van der Waals surface area contributed by atoms with Crippen molar-refractivity contribution in [2.45, 2.75) is 55.9 Å². The summed E-state index contributed by atoms with van der Waals surface area (Å²) < 4.78 is 13.8. The Bertz CT molecular complexity index is 852. The number of benzene rings is 1. The Kier molecular flexibility index (Phi) is 3.67. The third-order valence-electron chi connectivity index (χ3n) is 6.32. The summed E-state index contributed by atoms with van der Waals surface area (Å²) in [6, 6.07) is 7.70. The zero-order valence-electron chi connectivity index (χ0n) is 15.5. The molecule has 1 amide bonds. The predicted molar refractivity (Wildman–Crippen MR) is 97.3 cm³/mol. The van der Waals surface area contributed by atoms with Crippen LogP contribution in [0.3, 0.4) is 0 Å². The van der Waals surface area contributed by atoms with Crippen LogP contribution in [0.25, 0.3) is 0 Å². The third-order valence-corrected chi connectivity index (χ3v) is 6.32. The molecule has 6 rings (SSSR count). The van der Waals surface area contributed by atoms with Crippen LogP contribution in [0.5, 0.6) is 0 Å². The maximum atomic E-state index is 13.1. The molecule has 7 nitrogen and oxygen atoms in total. The average molecular weight is 368 g/mol. The van der Waals surface area contributed by atoms with E-state index in [9.17, 15) is 4.79 Å². The number of rotatable bonds is 4. The minimum Gasteiger partial charge on any atom is -0.381 e. The van der Waals surface area contributed by atoms with E-state index in [4.69, 9.17) is 9.47 Å². The Balaban J connectivity index is 1.36. The van der Waals surface area contributed by atoms with E-state index in [0.717, 1.165) is 31.2 Å². The van der Waals surface area contributed by atoms with E-state index in [-0.39, 0.29) is 22.6 Å². The first kappa shape index (κ1) is 16.9. The van der Waals surface area contributed by atoms with Crippen molar-refractivity contribution >= 4 is 5.91 Å². The van der Waals surface area contributed by atoms with E-state index >= 15 is 0 Å². The number of ether oxygens (including phenoxy) is 2. The van der Waals surface area contributed by atoms with Crippen LogP contribution in [0.15, 0.2) is 36.7 Å². The largest absolute Gasteiger partial charge is 0.381 e. The van der Waals surface area contributed by atoms with Gasteiger partial charge in [0, 0.05) is 50.7 Å². The average Bonchev–Trinajstić information content (AvgIpc) is 3.26. The standard InChI is InChI=1S/C20H24N4O3/c1-18-13-19(14-18,20(27-18)5-9-26-10-6-20)22-17(25)16-4-2-3-15(11-16)12-24-8-7-21-23-24/h2-4,7-8,11H,5-6,9-10,12-14H2,1H3,(H,22,25). The molecule has 1 aromatic carbocycles. The molecule has 4 heterocycles. The Morgan fingerprint density at radius 3 is 2.85 bits per heavy atom. The molecule has 142 valence electrons. The number of hydrogen-bond acceptors (Lipinski definition) is 5. The minimum atomic E-state index is -0.284. The molecule has 0 radical (unpaired) electrons. The van der Waals surface area contributed by atoms with Gasteiger partial charge in [-0.1, -0.05) is 17.3 Å². The fourth-order valence-electron chi connectivity index (χ4n) is 5.28. The maximum Gasteiger partial charge on any atom is 0.251 e. The molecule has 4 aliphatic rings. The van der Waals surface area contributed by atoms with Gasteiger partial charge in [0.05, 0.1) is 29.5 Å². The SMILES string of the molecule is CC12CC(NC(=O)c3cccc(Cn4ccnn4)c3)(C1)C1(CCOCC1)O2. The first-order valence-electron chi connectivity index (χ1n) is 9.55. The molecule has 1 aromatic heterocycles. The van der Waals surface area contributed by atoms with E-state index < -0.39 is 0 Å². The molecule has 3 saturated heterocycles. The maximum absolute atomic E-state index is 13.1. The highest BCUT2D eigenvalue weighted by Crippen LogP contribution is 2.63. The lowest BCUT2D eigenvalue weighted by molar-refractivity contribution is -0.111. The van der Waals surface area contributed by atoms with Crippen LogP contribution in [-0.4, -0.2) is 50.9 Å². The lowest BCUT2D eigenvalue weighted by Gasteiger charge is -2.49. The van der Waals surface area contributed by atoms with Gasteiger partial charge >= 0.3 is 0 Å². The summed E-state index contributed by atoms with van der Waals surface area (Å²) in [5.74, 6) is -0.0335. The molecular formula is C20H24N4O3. The molecule has 7 heteroatoms. The Hall–Kier alpha value is -2.25. The van der Waals surface area contributed by atoms with Crippen molar-refractivity contribution in [1.82, 2.24) is 20.3 Å². The number of hydrogen-bond donors (Lipinski definition) is 1. The summed E-state index contributed by atoms with van der Waals surface area (Å²) in [6.07, 6.45) is 6.90. The normalized spacial score (nSPS) is 30.9. The second-order valence-electron chi connectivity index (χ2n) is 8.35. The molecule has 1 saturated carbocycles. The van der Waals surface area contributed by atoms with Gasteiger partial charge in [-0.2, -0.15) is 0 Å². The minimum absolute atomic E-state index is 0.0335. The van der Waals surface area contributed by atoms with Gasteiger partial charge in [0.1, 0.15) is 0 Å². The Labute approximate surface area is 158 Å². The van der Waals surface area contributed by atoms with Crippen LogP contribution in [0, 0.1) is 0 Å². The highest BCUT2D eigenvalue weighted by Gasteiger charge is 2.73. The van der Waals surface area contributed by atoms with Crippen LogP contribution in [-0.2, 0) is 16.0 Å². The third kappa shape index (κ3) is 2.68. The topological polar surface area (TPSA) is 78.3 Å². The molecule has 2 bridgehead atoms. The summed E-state index contributed by atoms with van der Waals surface area (Å²) in [5, 5.41) is 11.2. The van der Waals surface area contributed by atoms with Crippen molar-refractivity contribution < 1.29 is 14.3 Å². The van der Waals surface area contributed by atoms with Gasteiger partial charge in [0.2, 0.25) is 0 Å². The van der Waals surface area contributed by atoms with Gasteiger partial charge in [0.15, 0.2) is 0 Å². The van der Waals surface area contributed by atoms with Gasteiger partial charge in [-0.05, 0) is 24.6 Å². The summed E-state index contributed by atoms with van der Waals surface area (Å²) in [4.78, 5) is 13.1. The Morgan fingerprint density at radius 2 is 2.11 bits per heavy atom. The monoisotopic (exact) mass is 368 g/mol. The molecule has 0 atom stereocenters. The number of aromatic nitrogens is 3. The quantitative estimate of drug-likeness (QED) is 0.892. The number of carbonyl (C=O) groups excluding carboxylic acids is 1. The molecule has 1 aliphatic carbocycles. The predicted octanol–water partition coefficient (Wildman–Crippen LogP) is 1.93. The van der Waals surface area contributed by atoms with Gasteiger partial charge in [-0.3, -0.25) is 4.79 Å². The van der Waals surface area contributed by atoms with Crippen molar-refractivity contribution in [2.75, 3.05) is 13.2 Å². The van der Waals surface area contributed by atoms with E-state index in [1.807, 2.05) is 30.5 Å². The highest BCUT2D eigenvalue weighted by molar-refractivity contribution is 5.95. The van der Waals surface area contributed by atoms with Crippen molar-refractivity contribution in [3.63, 3.8) is 0 Å². The summed E-state index contributed by atoms with van der Waals surface area (Å²) in [7, 11) is 0. The summed E-state index contributed by atoms with van der Waals surface area (Å²) >= 11 is 0. The molecule has 27 heavy (non-hydrogen) atoms. The van der Waals surface area contributed by atoms with Gasteiger partial charge in [0.25, 0.3) is 5.91 Å². The zero-order chi connectivity index (χ0) is 18.5. The highest BCUT2D eigenvalue weighted by atomic mass is 16.6. The Morgan fingerprint density at radius 1 is 1.30 bits per heavy atom. The second-order valence-corrected chi connectivity index (χ2v) is 8.35. The van der Waals surface area contributed by atoms with Gasteiger partial charge in [-0.25, -0.2) is 4.68 Å². The lowest BCUT2D eigenvalue weighted by Crippen LogP contribution is -2.66. The molecule has 1 N–H and O–H groups in total. The zero-order valence-corrected chi connectivity index (χ0v) is 15.5. The van der Waals surface area contributed by atoms with E-state index in [2.05, 4.69) is 22.6 Å². The molecule has 3 aliphatic heterocycles. The molecule has 2 aromatic rings.